The third-order valence-electron chi connectivity index (χ3n) is 1.76. The van der Waals surface area contributed by atoms with Gasteiger partial charge in [-0.05, 0) is 12.1 Å². The molecular weight excluding hydrogens is 166 g/mol. The van der Waals surface area contributed by atoms with Gasteiger partial charge >= 0.3 is 0 Å². The molecule has 13 heavy (non-hydrogen) atoms. The zero-order valence-corrected chi connectivity index (χ0v) is 7.15. The summed E-state index contributed by atoms with van der Waals surface area (Å²) >= 11 is 0. The van der Waals surface area contributed by atoms with E-state index in [1.165, 1.54) is 0 Å². The van der Waals surface area contributed by atoms with Crippen LogP contribution >= 0.6 is 0 Å². The average Bonchev–Trinajstić information content (AvgIpc) is 2.70. The van der Waals surface area contributed by atoms with Crippen LogP contribution in [-0.4, -0.2) is 12.1 Å². The molecule has 0 aliphatic rings. The number of hydrogen-bond acceptors (Lipinski definition) is 3. The SMILES string of the molecule is COc1ccccc1-c1cn[c]o1. The summed E-state index contributed by atoms with van der Waals surface area (Å²) in [6.07, 6.45) is 4.01. The van der Waals surface area contributed by atoms with E-state index in [4.69, 9.17) is 9.15 Å². The van der Waals surface area contributed by atoms with Gasteiger partial charge in [-0.15, -0.1) is 0 Å². The lowest BCUT2D eigenvalue weighted by Gasteiger charge is -2.03. The average molecular weight is 174 g/mol. The topological polar surface area (TPSA) is 35.3 Å². The molecule has 1 radical (unpaired) electrons. The maximum Gasteiger partial charge on any atom is 0.284 e. The Morgan fingerprint density at radius 1 is 1.38 bits per heavy atom. The first-order valence-electron chi connectivity index (χ1n) is 3.87. The van der Waals surface area contributed by atoms with Crippen molar-refractivity contribution in [1.29, 1.82) is 0 Å². The van der Waals surface area contributed by atoms with E-state index in [1.807, 2.05) is 24.3 Å². The standard InChI is InChI=1S/C10H8NO2/c1-12-9-5-3-2-4-8(9)10-6-11-7-13-10/h2-6H,1H3. The highest BCUT2D eigenvalue weighted by Gasteiger charge is 2.06. The molecule has 0 saturated carbocycles. The van der Waals surface area contributed by atoms with Gasteiger partial charge in [0.2, 0.25) is 0 Å². The zero-order chi connectivity index (χ0) is 9.10. The predicted molar refractivity (Wildman–Crippen MR) is 47.3 cm³/mol. The minimum Gasteiger partial charge on any atom is -0.496 e. The molecule has 3 nitrogen and oxygen atoms in total. The lowest BCUT2D eigenvalue weighted by Crippen LogP contribution is -1.85. The van der Waals surface area contributed by atoms with E-state index in [0.717, 1.165) is 11.3 Å². The molecule has 65 valence electrons. The van der Waals surface area contributed by atoms with E-state index in [-0.39, 0.29) is 0 Å². The van der Waals surface area contributed by atoms with Crippen LogP contribution in [0.3, 0.4) is 0 Å². The summed E-state index contributed by atoms with van der Waals surface area (Å²) in [6, 6.07) is 7.60. The quantitative estimate of drug-likeness (QED) is 0.699. The van der Waals surface area contributed by atoms with Crippen LogP contribution in [0.2, 0.25) is 0 Å². The van der Waals surface area contributed by atoms with E-state index < -0.39 is 0 Å². The van der Waals surface area contributed by atoms with E-state index in [0.29, 0.717) is 5.76 Å². The van der Waals surface area contributed by atoms with Crippen molar-refractivity contribution in [2.24, 2.45) is 0 Å². The van der Waals surface area contributed by atoms with Gasteiger partial charge in [0.15, 0.2) is 5.76 Å². The van der Waals surface area contributed by atoms with Gasteiger partial charge in [0.1, 0.15) is 5.75 Å². The number of oxazole rings is 1. The molecule has 1 aromatic carbocycles. The second kappa shape index (κ2) is 3.31. The van der Waals surface area contributed by atoms with Crippen molar-refractivity contribution >= 4 is 0 Å². The fourth-order valence-electron chi connectivity index (χ4n) is 1.16. The fraction of sp³-hybridized carbons (Fsp3) is 0.100. The Labute approximate surface area is 76.0 Å². The van der Waals surface area contributed by atoms with Crippen molar-refractivity contribution in [3.63, 3.8) is 0 Å². The molecule has 0 N–H and O–H groups in total. The highest BCUT2D eigenvalue weighted by molar-refractivity contribution is 5.64. The number of aromatic nitrogens is 1. The van der Waals surface area contributed by atoms with Crippen molar-refractivity contribution in [3.8, 4) is 17.1 Å². The van der Waals surface area contributed by atoms with Crippen molar-refractivity contribution in [3.05, 3.63) is 36.9 Å². The third kappa shape index (κ3) is 1.40. The molecule has 0 bridgehead atoms. The smallest absolute Gasteiger partial charge is 0.284 e. The van der Waals surface area contributed by atoms with Crippen LogP contribution in [0.25, 0.3) is 11.3 Å². The molecule has 3 heteroatoms. The molecule has 0 aliphatic carbocycles. The Hall–Kier alpha value is -1.77. The normalized spacial score (nSPS) is 9.92. The first-order valence-corrected chi connectivity index (χ1v) is 3.87. The van der Waals surface area contributed by atoms with E-state index in [9.17, 15) is 0 Å². The van der Waals surface area contributed by atoms with Gasteiger partial charge in [-0.25, -0.2) is 4.98 Å². The van der Waals surface area contributed by atoms with Gasteiger partial charge in [0, 0.05) is 0 Å². The lowest BCUT2D eigenvalue weighted by atomic mass is 10.1. The molecule has 0 saturated heterocycles. The Kier molecular flexibility index (Phi) is 2.00. The molecule has 0 spiro atoms. The Morgan fingerprint density at radius 3 is 2.92 bits per heavy atom. The monoisotopic (exact) mass is 174 g/mol. The first-order chi connectivity index (χ1) is 6.42. The molecule has 2 aromatic rings. The molecule has 1 heterocycles. The minimum absolute atomic E-state index is 0.664. The number of methoxy groups -OCH3 is 1. The van der Waals surface area contributed by atoms with Crippen LogP contribution in [-0.2, 0) is 0 Å². The van der Waals surface area contributed by atoms with E-state index in [1.54, 1.807) is 13.3 Å². The Balaban J connectivity index is 2.51. The number of ether oxygens (including phenoxy) is 1. The Morgan fingerprint density at radius 2 is 2.23 bits per heavy atom. The van der Waals surface area contributed by atoms with Crippen molar-refractivity contribution in [2.75, 3.05) is 7.11 Å². The van der Waals surface area contributed by atoms with Crippen LogP contribution in [0.15, 0.2) is 34.9 Å². The molecule has 0 fully saturated rings. The molecule has 1 aromatic heterocycles. The summed E-state index contributed by atoms with van der Waals surface area (Å²) in [6.45, 7) is 0. The highest BCUT2D eigenvalue weighted by Crippen LogP contribution is 2.28. The van der Waals surface area contributed by atoms with Gasteiger partial charge in [-0.2, -0.15) is 0 Å². The van der Waals surface area contributed by atoms with Gasteiger partial charge in [-0.3, -0.25) is 0 Å². The summed E-state index contributed by atoms with van der Waals surface area (Å²) in [5.74, 6) is 1.44. The molecule has 0 atom stereocenters. The van der Waals surface area contributed by atoms with Crippen molar-refractivity contribution in [2.45, 2.75) is 0 Å². The molecule has 0 amide bonds. The number of rotatable bonds is 2. The lowest BCUT2D eigenvalue weighted by molar-refractivity contribution is 0.414. The maximum atomic E-state index is 5.17. The Bertz CT molecular complexity index is 382. The number of benzene rings is 1. The van der Waals surface area contributed by atoms with Gasteiger partial charge in [-0.1, -0.05) is 12.1 Å². The van der Waals surface area contributed by atoms with Crippen LogP contribution in [0.5, 0.6) is 5.75 Å². The first kappa shape index (κ1) is 7.86. The molecule has 0 unspecified atom stereocenters. The minimum atomic E-state index is 0.664. The van der Waals surface area contributed by atoms with Crippen LogP contribution in [0, 0.1) is 6.39 Å². The number of hydrogen-bond donors (Lipinski definition) is 0. The fourth-order valence-corrected chi connectivity index (χ4v) is 1.16. The highest BCUT2D eigenvalue weighted by atomic mass is 16.5. The predicted octanol–water partition coefficient (Wildman–Crippen LogP) is 2.15. The largest absolute Gasteiger partial charge is 0.496 e. The summed E-state index contributed by atoms with van der Waals surface area (Å²) in [5, 5.41) is 0. The second-order valence-corrected chi connectivity index (χ2v) is 2.52. The number of nitrogens with zero attached hydrogens (tertiary/aromatic N) is 1. The van der Waals surface area contributed by atoms with Crippen LogP contribution < -0.4 is 4.74 Å². The summed E-state index contributed by atoms with van der Waals surface area (Å²) in [4.78, 5) is 3.73. The molecule has 2 rings (SSSR count). The summed E-state index contributed by atoms with van der Waals surface area (Å²) in [7, 11) is 1.62. The van der Waals surface area contributed by atoms with Crippen molar-refractivity contribution < 1.29 is 9.15 Å². The van der Waals surface area contributed by atoms with E-state index >= 15 is 0 Å². The zero-order valence-electron chi connectivity index (χ0n) is 7.15. The summed E-state index contributed by atoms with van der Waals surface area (Å²) in [5.41, 5.74) is 0.888. The molecular formula is C10H8NO2. The van der Waals surface area contributed by atoms with Crippen LogP contribution in [0.1, 0.15) is 0 Å². The van der Waals surface area contributed by atoms with Gasteiger partial charge < -0.3 is 9.15 Å². The molecule has 0 aliphatic heterocycles. The van der Waals surface area contributed by atoms with Gasteiger partial charge in [0.05, 0.1) is 18.9 Å². The maximum absolute atomic E-state index is 5.17. The second-order valence-electron chi connectivity index (χ2n) is 2.52. The van der Waals surface area contributed by atoms with Gasteiger partial charge in [0.25, 0.3) is 6.39 Å². The summed E-state index contributed by atoms with van der Waals surface area (Å²) < 4.78 is 10.2. The van der Waals surface area contributed by atoms with Crippen molar-refractivity contribution in [1.82, 2.24) is 4.98 Å². The number of para-hydroxylation sites is 1. The van der Waals surface area contributed by atoms with Crippen LogP contribution in [0.4, 0.5) is 0 Å². The van der Waals surface area contributed by atoms with E-state index in [2.05, 4.69) is 11.4 Å². The third-order valence-corrected chi connectivity index (χ3v) is 1.76.